The van der Waals surface area contributed by atoms with Crippen molar-refractivity contribution in [3.8, 4) is 0 Å². The zero-order valence-electron chi connectivity index (χ0n) is 14.1. The van der Waals surface area contributed by atoms with E-state index in [4.69, 9.17) is 4.74 Å². The largest absolute Gasteiger partial charge is 0.377 e. The lowest BCUT2D eigenvalue weighted by Crippen LogP contribution is -2.45. The summed E-state index contributed by atoms with van der Waals surface area (Å²) in [5, 5.41) is 6.50. The Kier molecular flexibility index (Phi) is 7.66. The number of unbranched alkanes of at least 4 members (excludes halogenated alkanes) is 1. The number of aromatic nitrogens is 1. The van der Waals surface area contributed by atoms with E-state index in [1.54, 1.807) is 30.9 Å². The van der Waals surface area contributed by atoms with Crippen molar-refractivity contribution in [2.24, 2.45) is 4.99 Å². The van der Waals surface area contributed by atoms with Crippen molar-refractivity contribution in [3.05, 3.63) is 34.7 Å². The van der Waals surface area contributed by atoms with Crippen LogP contribution in [-0.4, -0.2) is 43.4 Å². The maximum Gasteiger partial charge on any atom is 0.250 e. The molecule has 6 heteroatoms. The van der Waals surface area contributed by atoms with E-state index in [1.165, 1.54) is 0 Å². The standard InChI is InChI=1S/C16H28N4O2/c1-16(2,22-4)13-19-15(17-3)18-10-6-8-12-20-11-7-5-9-14(20)21/h5,7,9,11H,6,8,10,12-13H2,1-4H3,(H2,17,18,19). The highest BCUT2D eigenvalue weighted by Gasteiger charge is 2.16. The first kappa shape index (κ1) is 18.2. The van der Waals surface area contributed by atoms with E-state index in [1.807, 2.05) is 26.1 Å². The molecule has 0 bridgehead atoms. The number of hydrogen-bond acceptors (Lipinski definition) is 3. The first-order chi connectivity index (χ1) is 10.5. The van der Waals surface area contributed by atoms with Crippen LogP contribution in [0.25, 0.3) is 0 Å². The van der Waals surface area contributed by atoms with E-state index in [-0.39, 0.29) is 11.2 Å². The Hall–Kier alpha value is -1.82. The maximum absolute atomic E-state index is 11.6. The summed E-state index contributed by atoms with van der Waals surface area (Å²) in [5.41, 5.74) is -0.179. The molecule has 0 saturated heterocycles. The number of nitrogens with zero attached hydrogens (tertiary/aromatic N) is 2. The van der Waals surface area contributed by atoms with Crippen LogP contribution in [-0.2, 0) is 11.3 Å². The highest BCUT2D eigenvalue weighted by Crippen LogP contribution is 2.04. The SMILES string of the molecule is CN=C(NCCCCn1ccccc1=O)NCC(C)(C)OC. The number of aliphatic imine (C=N–C) groups is 1. The number of rotatable bonds is 8. The molecule has 1 aromatic heterocycles. The van der Waals surface area contributed by atoms with Crippen LogP contribution in [0.4, 0.5) is 0 Å². The lowest BCUT2D eigenvalue weighted by atomic mass is 10.1. The number of pyridine rings is 1. The van der Waals surface area contributed by atoms with Crippen LogP contribution < -0.4 is 16.2 Å². The molecule has 22 heavy (non-hydrogen) atoms. The van der Waals surface area contributed by atoms with Crippen molar-refractivity contribution in [1.29, 1.82) is 0 Å². The molecule has 0 aliphatic carbocycles. The molecular formula is C16H28N4O2. The summed E-state index contributed by atoms with van der Waals surface area (Å²) in [6, 6.07) is 5.22. The fraction of sp³-hybridized carbons (Fsp3) is 0.625. The molecule has 0 fully saturated rings. The lowest BCUT2D eigenvalue weighted by molar-refractivity contribution is 0.0268. The van der Waals surface area contributed by atoms with Crippen molar-refractivity contribution < 1.29 is 4.74 Å². The number of aryl methyl sites for hydroxylation is 1. The normalized spacial score (nSPS) is 12.3. The van der Waals surface area contributed by atoms with Gasteiger partial charge < -0.3 is 19.9 Å². The first-order valence-electron chi connectivity index (χ1n) is 7.63. The van der Waals surface area contributed by atoms with E-state index < -0.39 is 0 Å². The van der Waals surface area contributed by atoms with Gasteiger partial charge in [-0.25, -0.2) is 0 Å². The van der Waals surface area contributed by atoms with Crippen molar-refractivity contribution >= 4 is 5.96 Å². The van der Waals surface area contributed by atoms with E-state index in [0.29, 0.717) is 6.54 Å². The van der Waals surface area contributed by atoms with Crippen molar-refractivity contribution in [2.45, 2.75) is 38.8 Å². The zero-order valence-corrected chi connectivity index (χ0v) is 14.1. The van der Waals surface area contributed by atoms with Gasteiger partial charge in [-0.1, -0.05) is 6.07 Å². The zero-order chi connectivity index (χ0) is 16.4. The molecule has 6 nitrogen and oxygen atoms in total. The van der Waals surface area contributed by atoms with Gasteiger partial charge in [0.15, 0.2) is 5.96 Å². The minimum absolute atomic E-state index is 0.0507. The third-order valence-electron chi connectivity index (χ3n) is 3.47. The second-order valence-corrected chi connectivity index (χ2v) is 5.76. The minimum atomic E-state index is -0.230. The fourth-order valence-corrected chi connectivity index (χ4v) is 1.85. The molecule has 0 aromatic carbocycles. The molecule has 0 saturated carbocycles. The molecule has 0 radical (unpaired) electrons. The molecule has 124 valence electrons. The van der Waals surface area contributed by atoms with E-state index >= 15 is 0 Å². The minimum Gasteiger partial charge on any atom is -0.377 e. The van der Waals surface area contributed by atoms with Gasteiger partial charge in [0.05, 0.1) is 5.60 Å². The van der Waals surface area contributed by atoms with Gasteiger partial charge in [-0.2, -0.15) is 0 Å². The maximum atomic E-state index is 11.6. The predicted octanol–water partition coefficient (Wildman–Crippen LogP) is 1.22. The van der Waals surface area contributed by atoms with Crippen LogP contribution >= 0.6 is 0 Å². The molecule has 0 amide bonds. The average molecular weight is 308 g/mol. The Bertz CT molecular complexity index is 523. The third kappa shape index (κ3) is 6.76. The molecule has 0 aliphatic heterocycles. The van der Waals surface area contributed by atoms with Gasteiger partial charge in [-0.3, -0.25) is 9.79 Å². The number of hydrogen-bond donors (Lipinski definition) is 2. The van der Waals surface area contributed by atoms with Crippen LogP contribution in [0.2, 0.25) is 0 Å². The molecule has 2 N–H and O–H groups in total. The second kappa shape index (κ2) is 9.25. The molecular weight excluding hydrogens is 280 g/mol. The number of nitrogens with one attached hydrogen (secondary N) is 2. The lowest BCUT2D eigenvalue weighted by Gasteiger charge is -2.24. The summed E-state index contributed by atoms with van der Waals surface area (Å²) >= 11 is 0. The van der Waals surface area contributed by atoms with Crippen LogP contribution in [0.15, 0.2) is 34.2 Å². The van der Waals surface area contributed by atoms with Crippen LogP contribution in [0.1, 0.15) is 26.7 Å². The monoisotopic (exact) mass is 308 g/mol. The molecule has 0 spiro atoms. The van der Waals surface area contributed by atoms with Crippen LogP contribution in [0.3, 0.4) is 0 Å². The molecule has 0 aliphatic rings. The van der Waals surface area contributed by atoms with E-state index in [9.17, 15) is 4.79 Å². The second-order valence-electron chi connectivity index (χ2n) is 5.76. The third-order valence-corrected chi connectivity index (χ3v) is 3.47. The average Bonchev–Trinajstić information content (AvgIpc) is 2.51. The molecule has 1 aromatic rings. The van der Waals surface area contributed by atoms with E-state index in [0.717, 1.165) is 31.9 Å². The summed E-state index contributed by atoms with van der Waals surface area (Å²) in [7, 11) is 3.45. The topological polar surface area (TPSA) is 67.7 Å². The van der Waals surface area contributed by atoms with Crippen molar-refractivity contribution in [3.63, 3.8) is 0 Å². The Balaban J connectivity index is 2.22. The number of guanidine groups is 1. The summed E-state index contributed by atoms with van der Waals surface area (Å²) in [4.78, 5) is 15.7. The van der Waals surface area contributed by atoms with Gasteiger partial charge in [-0.15, -0.1) is 0 Å². The van der Waals surface area contributed by atoms with Crippen LogP contribution in [0.5, 0.6) is 0 Å². The molecule has 1 rings (SSSR count). The van der Waals surface area contributed by atoms with Gasteiger partial charge >= 0.3 is 0 Å². The predicted molar refractivity (Wildman–Crippen MR) is 90.4 cm³/mol. The van der Waals surface area contributed by atoms with Crippen LogP contribution in [0, 0.1) is 0 Å². The first-order valence-corrected chi connectivity index (χ1v) is 7.63. The van der Waals surface area contributed by atoms with Crippen molar-refractivity contribution in [2.75, 3.05) is 27.2 Å². The van der Waals surface area contributed by atoms with Gasteiger partial charge in [0, 0.05) is 46.1 Å². The summed E-state index contributed by atoms with van der Waals surface area (Å²) in [6.07, 6.45) is 3.73. The highest BCUT2D eigenvalue weighted by atomic mass is 16.5. The van der Waals surface area contributed by atoms with Gasteiger partial charge in [0.2, 0.25) is 5.56 Å². The van der Waals surface area contributed by atoms with Gasteiger partial charge in [0.1, 0.15) is 0 Å². The molecule has 0 unspecified atom stereocenters. The Labute approximate surface area is 132 Å². The fourth-order valence-electron chi connectivity index (χ4n) is 1.85. The van der Waals surface area contributed by atoms with E-state index in [2.05, 4.69) is 15.6 Å². The summed E-state index contributed by atoms with van der Waals surface area (Å²) in [5.74, 6) is 0.766. The van der Waals surface area contributed by atoms with Gasteiger partial charge in [0.25, 0.3) is 0 Å². The summed E-state index contributed by atoms with van der Waals surface area (Å²) in [6.45, 7) is 6.27. The summed E-state index contributed by atoms with van der Waals surface area (Å²) < 4.78 is 7.09. The molecule has 0 atom stereocenters. The van der Waals surface area contributed by atoms with Crippen molar-refractivity contribution in [1.82, 2.24) is 15.2 Å². The highest BCUT2D eigenvalue weighted by molar-refractivity contribution is 5.79. The smallest absolute Gasteiger partial charge is 0.250 e. The Morgan fingerprint density at radius 3 is 2.73 bits per heavy atom. The quantitative estimate of drug-likeness (QED) is 0.430. The number of ether oxygens (including phenoxy) is 1. The molecule has 1 heterocycles. The van der Waals surface area contributed by atoms with Gasteiger partial charge in [-0.05, 0) is 32.8 Å². The Morgan fingerprint density at radius 1 is 1.32 bits per heavy atom. The number of methoxy groups -OCH3 is 1. The Morgan fingerprint density at radius 2 is 2.09 bits per heavy atom.